The summed E-state index contributed by atoms with van der Waals surface area (Å²) < 4.78 is 15.4. The summed E-state index contributed by atoms with van der Waals surface area (Å²) in [5.74, 6) is -0.152. The normalized spacial score (nSPS) is 10.7. The quantitative estimate of drug-likeness (QED) is 0.608. The Morgan fingerprint density at radius 3 is 2.57 bits per heavy atom. The van der Waals surface area contributed by atoms with E-state index in [0.29, 0.717) is 11.5 Å². The molecule has 0 aliphatic heterocycles. The second-order valence-corrected chi connectivity index (χ2v) is 4.48. The summed E-state index contributed by atoms with van der Waals surface area (Å²) >= 11 is 0. The van der Waals surface area contributed by atoms with Crippen molar-refractivity contribution in [1.82, 2.24) is 0 Å². The van der Waals surface area contributed by atoms with E-state index >= 15 is 0 Å². The van der Waals surface area contributed by atoms with Crippen molar-refractivity contribution in [3.05, 3.63) is 29.8 Å². The number of methoxy groups -OCH3 is 1. The van der Waals surface area contributed by atoms with Gasteiger partial charge in [-0.15, -0.1) is 0 Å². The van der Waals surface area contributed by atoms with Crippen LogP contribution in [0.25, 0.3) is 6.08 Å². The lowest BCUT2D eigenvalue weighted by Crippen LogP contribution is -2.19. The standard InChI is InChI=1S/C15H19NO5/c1-10(2)21-12-6-4-11(8-13(12)19-3)5-7-15(18)20-9-14(16)17/h4-8,10H,9H2,1-3H3,(H2,16,17)/b7-5+. The molecule has 1 aromatic rings. The maximum Gasteiger partial charge on any atom is 0.331 e. The van der Waals surface area contributed by atoms with Gasteiger partial charge in [0, 0.05) is 6.08 Å². The molecule has 1 amide bonds. The molecule has 6 heteroatoms. The van der Waals surface area contributed by atoms with Gasteiger partial charge >= 0.3 is 5.97 Å². The van der Waals surface area contributed by atoms with Crippen molar-refractivity contribution >= 4 is 18.0 Å². The van der Waals surface area contributed by atoms with Crippen molar-refractivity contribution in [2.75, 3.05) is 13.7 Å². The zero-order chi connectivity index (χ0) is 15.8. The van der Waals surface area contributed by atoms with E-state index in [1.807, 2.05) is 13.8 Å². The number of amides is 1. The van der Waals surface area contributed by atoms with E-state index < -0.39 is 18.5 Å². The lowest BCUT2D eigenvalue weighted by atomic mass is 10.2. The lowest BCUT2D eigenvalue weighted by molar-refractivity contribution is -0.142. The average Bonchev–Trinajstić information content (AvgIpc) is 2.43. The second-order valence-electron chi connectivity index (χ2n) is 4.48. The Labute approximate surface area is 123 Å². The topological polar surface area (TPSA) is 87.9 Å². The molecule has 6 nitrogen and oxygen atoms in total. The fourth-order valence-corrected chi connectivity index (χ4v) is 1.49. The average molecular weight is 293 g/mol. The van der Waals surface area contributed by atoms with Gasteiger partial charge in [-0.2, -0.15) is 0 Å². The molecule has 0 aliphatic carbocycles. The molecular formula is C15H19NO5. The first kappa shape index (κ1) is 16.6. The minimum absolute atomic E-state index is 0.0315. The van der Waals surface area contributed by atoms with Crippen LogP contribution >= 0.6 is 0 Å². The highest BCUT2D eigenvalue weighted by atomic mass is 16.5. The summed E-state index contributed by atoms with van der Waals surface area (Å²) in [6.07, 6.45) is 2.79. The first-order valence-electron chi connectivity index (χ1n) is 6.40. The number of hydrogen-bond acceptors (Lipinski definition) is 5. The predicted octanol–water partition coefficient (Wildman–Crippen LogP) is 1.52. The second kappa shape index (κ2) is 7.94. The van der Waals surface area contributed by atoms with Crippen LogP contribution in [0.3, 0.4) is 0 Å². The number of ether oxygens (including phenoxy) is 3. The molecule has 0 unspecified atom stereocenters. The molecule has 0 fully saturated rings. The van der Waals surface area contributed by atoms with Crippen LogP contribution < -0.4 is 15.2 Å². The molecule has 0 aliphatic rings. The SMILES string of the molecule is COc1cc(/C=C/C(=O)OCC(N)=O)ccc1OC(C)C. The molecule has 0 saturated heterocycles. The molecule has 0 bridgehead atoms. The molecule has 0 spiro atoms. The molecule has 2 N–H and O–H groups in total. The monoisotopic (exact) mass is 293 g/mol. The molecular weight excluding hydrogens is 274 g/mol. The van der Waals surface area contributed by atoms with Gasteiger partial charge in [-0.3, -0.25) is 4.79 Å². The predicted molar refractivity (Wildman–Crippen MR) is 77.9 cm³/mol. The molecule has 1 rings (SSSR count). The number of hydrogen-bond donors (Lipinski definition) is 1. The number of carbonyl (C=O) groups excluding carboxylic acids is 2. The van der Waals surface area contributed by atoms with Crippen molar-refractivity contribution in [3.63, 3.8) is 0 Å². The Morgan fingerprint density at radius 2 is 2.00 bits per heavy atom. The maximum atomic E-state index is 11.3. The van der Waals surface area contributed by atoms with Gasteiger partial charge in [-0.05, 0) is 37.6 Å². The fraction of sp³-hybridized carbons (Fsp3) is 0.333. The molecule has 0 saturated carbocycles. The largest absolute Gasteiger partial charge is 0.493 e. The minimum atomic E-state index is -0.700. The van der Waals surface area contributed by atoms with E-state index in [9.17, 15) is 9.59 Å². The highest BCUT2D eigenvalue weighted by molar-refractivity contribution is 5.89. The summed E-state index contributed by atoms with van der Waals surface area (Å²) in [4.78, 5) is 21.8. The van der Waals surface area contributed by atoms with Gasteiger partial charge in [-0.25, -0.2) is 4.79 Å². The summed E-state index contributed by atoms with van der Waals surface area (Å²) in [6.45, 7) is 3.40. The molecule has 114 valence electrons. The number of rotatable bonds is 7. The molecule has 1 aromatic carbocycles. The Morgan fingerprint density at radius 1 is 1.29 bits per heavy atom. The third-order valence-corrected chi connectivity index (χ3v) is 2.32. The Hall–Kier alpha value is -2.50. The van der Waals surface area contributed by atoms with Crippen molar-refractivity contribution in [1.29, 1.82) is 0 Å². The van der Waals surface area contributed by atoms with Crippen LogP contribution in [-0.2, 0) is 14.3 Å². The van der Waals surface area contributed by atoms with Crippen LogP contribution in [0.15, 0.2) is 24.3 Å². The number of carbonyl (C=O) groups is 2. The van der Waals surface area contributed by atoms with Crippen molar-refractivity contribution in [3.8, 4) is 11.5 Å². The van der Waals surface area contributed by atoms with Gasteiger partial charge in [-0.1, -0.05) is 6.07 Å². The van der Waals surface area contributed by atoms with Crippen LogP contribution in [0.2, 0.25) is 0 Å². The van der Waals surface area contributed by atoms with Gasteiger partial charge in [0.1, 0.15) is 0 Å². The number of nitrogens with two attached hydrogens (primary N) is 1. The summed E-state index contributed by atoms with van der Waals surface area (Å²) in [7, 11) is 1.54. The first-order valence-corrected chi connectivity index (χ1v) is 6.40. The van der Waals surface area contributed by atoms with Gasteiger partial charge < -0.3 is 19.9 Å². The number of primary amides is 1. The van der Waals surface area contributed by atoms with Gasteiger partial charge in [0.25, 0.3) is 5.91 Å². The number of esters is 1. The highest BCUT2D eigenvalue weighted by Crippen LogP contribution is 2.29. The van der Waals surface area contributed by atoms with Crippen LogP contribution in [0.4, 0.5) is 0 Å². The van der Waals surface area contributed by atoms with Crippen molar-refractivity contribution < 1.29 is 23.8 Å². The van der Waals surface area contributed by atoms with Gasteiger partial charge in [0.05, 0.1) is 13.2 Å². The van der Waals surface area contributed by atoms with Crippen molar-refractivity contribution in [2.45, 2.75) is 20.0 Å². The zero-order valence-electron chi connectivity index (χ0n) is 12.3. The Balaban J connectivity index is 2.75. The van der Waals surface area contributed by atoms with Gasteiger partial charge in [0.15, 0.2) is 18.1 Å². The van der Waals surface area contributed by atoms with Crippen LogP contribution in [0, 0.1) is 0 Å². The van der Waals surface area contributed by atoms with E-state index in [1.54, 1.807) is 24.3 Å². The van der Waals surface area contributed by atoms with Gasteiger partial charge in [0.2, 0.25) is 0 Å². The zero-order valence-corrected chi connectivity index (χ0v) is 12.3. The van der Waals surface area contributed by atoms with E-state index in [2.05, 4.69) is 4.74 Å². The minimum Gasteiger partial charge on any atom is -0.493 e. The van der Waals surface area contributed by atoms with Crippen LogP contribution in [0.5, 0.6) is 11.5 Å². The Bertz CT molecular complexity index is 537. The van der Waals surface area contributed by atoms with Crippen LogP contribution in [0.1, 0.15) is 19.4 Å². The molecule has 0 heterocycles. The van der Waals surface area contributed by atoms with E-state index in [0.717, 1.165) is 5.56 Å². The third kappa shape index (κ3) is 5.99. The highest BCUT2D eigenvalue weighted by Gasteiger charge is 2.07. The maximum absolute atomic E-state index is 11.3. The van der Waals surface area contributed by atoms with Crippen LogP contribution in [-0.4, -0.2) is 31.7 Å². The molecule has 21 heavy (non-hydrogen) atoms. The first-order chi connectivity index (χ1) is 9.92. The number of benzene rings is 1. The molecule has 0 aromatic heterocycles. The Kier molecular flexibility index (Phi) is 6.26. The van der Waals surface area contributed by atoms with E-state index in [4.69, 9.17) is 15.2 Å². The molecule has 0 radical (unpaired) electrons. The summed E-state index contributed by atoms with van der Waals surface area (Å²) in [5.41, 5.74) is 5.61. The third-order valence-electron chi connectivity index (χ3n) is 2.32. The lowest BCUT2D eigenvalue weighted by Gasteiger charge is -2.13. The fourth-order valence-electron chi connectivity index (χ4n) is 1.49. The van der Waals surface area contributed by atoms with Crippen molar-refractivity contribution in [2.24, 2.45) is 5.73 Å². The van der Waals surface area contributed by atoms with E-state index in [1.165, 1.54) is 13.2 Å². The smallest absolute Gasteiger partial charge is 0.331 e. The summed E-state index contributed by atoms with van der Waals surface area (Å²) in [6, 6.07) is 5.26. The molecule has 0 atom stereocenters. The van der Waals surface area contributed by atoms with E-state index in [-0.39, 0.29) is 6.10 Å². The summed E-state index contributed by atoms with van der Waals surface area (Å²) in [5, 5.41) is 0.